The second-order valence-electron chi connectivity index (χ2n) is 14.4. The van der Waals surface area contributed by atoms with Crippen LogP contribution in [0, 0.1) is 0 Å². The highest BCUT2D eigenvalue weighted by molar-refractivity contribution is 7.26. The minimum Gasteiger partial charge on any atom is -0.309 e. The fourth-order valence-electron chi connectivity index (χ4n) is 8.48. The highest BCUT2D eigenvalue weighted by atomic mass is 32.1. The van der Waals surface area contributed by atoms with Gasteiger partial charge in [-0.25, -0.2) is 15.0 Å². The highest BCUT2D eigenvalue weighted by Gasteiger charge is 2.19. The molecule has 4 aromatic heterocycles. The van der Waals surface area contributed by atoms with Crippen LogP contribution in [0.5, 0.6) is 0 Å². The third-order valence-electron chi connectivity index (χ3n) is 11.0. The molecule has 0 saturated heterocycles. The number of nitrogens with zero attached hydrogens (tertiary/aromatic N) is 4. The molecule has 266 valence electrons. The lowest BCUT2D eigenvalue weighted by Gasteiger charge is -2.12. The lowest BCUT2D eigenvalue weighted by atomic mass is 10.0. The van der Waals surface area contributed by atoms with Gasteiger partial charge < -0.3 is 4.57 Å². The fourth-order valence-corrected chi connectivity index (χ4v) is 10.8. The maximum atomic E-state index is 5.20. The van der Waals surface area contributed by atoms with Crippen LogP contribution in [0.2, 0.25) is 0 Å². The molecule has 12 rings (SSSR count). The van der Waals surface area contributed by atoms with E-state index >= 15 is 0 Å². The second-order valence-corrected chi connectivity index (χ2v) is 16.5. The topological polar surface area (TPSA) is 43.6 Å². The van der Waals surface area contributed by atoms with Crippen molar-refractivity contribution in [3.8, 4) is 51.0 Å². The van der Waals surface area contributed by atoms with Crippen molar-refractivity contribution in [2.75, 3.05) is 0 Å². The molecule has 0 aliphatic rings. The number of para-hydroxylation sites is 1. The smallest absolute Gasteiger partial charge is 0.165 e. The number of rotatable bonds is 5. The van der Waals surface area contributed by atoms with Gasteiger partial charge in [0.1, 0.15) is 0 Å². The minimum atomic E-state index is 0.643. The van der Waals surface area contributed by atoms with Crippen molar-refractivity contribution in [2.24, 2.45) is 0 Å². The van der Waals surface area contributed by atoms with Crippen molar-refractivity contribution in [3.63, 3.8) is 0 Å². The quantitative estimate of drug-likeness (QED) is 0.175. The maximum absolute atomic E-state index is 5.20. The van der Waals surface area contributed by atoms with E-state index in [0.717, 1.165) is 33.5 Å². The summed E-state index contributed by atoms with van der Waals surface area (Å²) in [6.45, 7) is 0. The molecule has 0 atom stereocenters. The van der Waals surface area contributed by atoms with E-state index in [1.165, 1.54) is 62.2 Å². The Kier molecular flexibility index (Phi) is 7.24. The number of hydrogen-bond donors (Lipinski definition) is 0. The first kappa shape index (κ1) is 32.3. The predicted octanol–water partition coefficient (Wildman–Crippen LogP) is 14.4. The van der Waals surface area contributed by atoms with Crippen molar-refractivity contribution in [2.45, 2.75) is 0 Å². The molecule has 4 nitrogen and oxygen atoms in total. The van der Waals surface area contributed by atoms with Gasteiger partial charge in [-0.1, -0.05) is 127 Å². The van der Waals surface area contributed by atoms with E-state index in [1.807, 2.05) is 29.5 Å². The second kappa shape index (κ2) is 12.8. The highest BCUT2D eigenvalue weighted by Crippen LogP contribution is 2.44. The van der Waals surface area contributed by atoms with Gasteiger partial charge in [0.25, 0.3) is 0 Å². The summed E-state index contributed by atoms with van der Waals surface area (Å²) in [5.41, 5.74) is 8.63. The average Bonchev–Trinajstić information content (AvgIpc) is 3.96. The van der Waals surface area contributed by atoms with Crippen LogP contribution in [0.4, 0.5) is 0 Å². The third kappa shape index (κ3) is 5.15. The van der Waals surface area contributed by atoms with Crippen molar-refractivity contribution in [1.82, 2.24) is 19.5 Å². The molecule has 8 aromatic carbocycles. The van der Waals surface area contributed by atoms with Gasteiger partial charge in [-0.15, -0.1) is 22.7 Å². The van der Waals surface area contributed by atoms with Gasteiger partial charge in [0, 0.05) is 73.5 Å². The number of thiophene rings is 2. The standard InChI is InChI=1S/C51H30N4S2/c1-2-13-31(14-3-1)49-52-50(54-51(53-49)40-23-12-22-37-36-19-5-8-25-43(36)57-48(37)40)34-17-10-15-32(29-34)33-16-11-18-35(30-33)55-41-24-7-4-20-38(41)46-42(55)27-28-45-47(46)39-21-6-9-26-44(39)56-45/h1-30H. The van der Waals surface area contributed by atoms with E-state index in [1.54, 1.807) is 11.3 Å². The predicted molar refractivity (Wildman–Crippen MR) is 242 cm³/mol. The van der Waals surface area contributed by atoms with Gasteiger partial charge in [-0.2, -0.15) is 0 Å². The molecule has 0 unspecified atom stereocenters. The maximum Gasteiger partial charge on any atom is 0.165 e. The molecule has 0 saturated carbocycles. The Bertz CT molecular complexity index is 3540. The van der Waals surface area contributed by atoms with Crippen LogP contribution in [0.3, 0.4) is 0 Å². The van der Waals surface area contributed by atoms with Crippen LogP contribution >= 0.6 is 22.7 Å². The molecular formula is C51H30N4S2. The number of fused-ring (bicyclic) bond motifs is 10. The van der Waals surface area contributed by atoms with E-state index in [2.05, 4.69) is 168 Å². The molecule has 0 radical (unpaired) electrons. The lowest BCUT2D eigenvalue weighted by Crippen LogP contribution is -2.00. The molecule has 4 heterocycles. The van der Waals surface area contributed by atoms with E-state index in [9.17, 15) is 0 Å². The van der Waals surface area contributed by atoms with Crippen molar-refractivity contribution in [3.05, 3.63) is 182 Å². The summed E-state index contributed by atoms with van der Waals surface area (Å²) in [6, 6.07) is 64.8. The monoisotopic (exact) mass is 762 g/mol. The molecule has 0 N–H and O–H groups in total. The Hall–Kier alpha value is -6.99. The van der Waals surface area contributed by atoms with E-state index < -0.39 is 0 Å². The van der Waals surface area contributed by atoms with Crippen LogP contribution in [-0.4, -0.2) is 19.5 Å². The minimum absolute atomic E-state index is 0.643. The Labute approximate surface area is 335 Å². The molecule has 12 aromatic rings. The Balaban J connectivity index is 1.01. The van der Waals surface area contributed by atoms with Gasteiger partial charge in [0.2, 0.25) is 0 Å². The van der Waals surface area contributed by atoms with Gasteiger partial charge in [0.05, 0.1) is 11.0 Å². The Morgan fingerprint density at radius 1 is 0.351 bits per heavy atom. The zero-order valence-corrected chi connectivity index (χ0v) is 32.1. The zero-order chi connectivity index (χ0) is 37.5. The molecular weight excluding hydrogens is 733 g/mol. The first-order chi connectivity index (χ1) is 28.2. The van der Waals surface area contributed by atoms with E-state index in [-0.39, 0.29) is 0 Å². The number of aromatic nitrogens is 4. The third-order valence-corrected chi connectivity index (χ3v) is 13.4. The van der Waals surface area contributed by atoms with Gasteiger partial charge in [-0.05, 0) is 65.7 Å². The van der Waals surface area contributed by atoms with E-state index in [4.69, 9.17) is 15.0 Å². The van der Waals surface area contributed by atoms with E-state index in [0.29, 0.717) is 17.5 Å². The molecule has 0 aliphatic carbocycles. The molecule has 0 bridgehead atoms. The number of benzene rings is 8. The Morgan fingerprint density at radius 2 is 0.965 bits per heavy atom. The van der Waals surface area contributed by atoms with Crippen LogP contribution in [-0.2, 0) is 0 Å². The molecule has 57 heavy (non-hydrogen) atoms. The van der Waals surface area contributed by atoms with Crippen molar-refractivity contribution >= 4 is 84.8 Å². The SMILES string of the molecule is c1ccc(-c2nc(-c3cccc(-c4cccc(-n5c6ccccc6c6c7c(ccc65)sc5ccccc57)c4)c3)nc(-c3cccc4c3sc3ccccc34)n2)cc1. The summed E-state index contributed by atoms with van der Waals surface area (Å²) in [7, 11) is 0. The largest absolute Gasteiger partial charge is 0.309 e. The molecule has 0 spiro atoms. The Morgan fingerprint density at radius 3 is 1.82 bits per heavy atom. The van der Waals surface area contributed by atoms with Crippen LogP contribution < -0.4 is 0 Å². The van der Waals surface area contributed by atoms with Gasteiger partial charge >= 0.3 is 0 Å². The fraction of sp³-hybridized carbons (Fsp3) is 0. The van der Waals surface area contributed by atoms with Gasteiger partial charge in [0.15, 0.2) is 17.5 Å². The summed E-state index contributed by atoms with van der Waals surface area (Å²) in [6.07, 6.45) is 0. The van der Waals surface area contributed by atoms with Crippen molar-refractivity contribution in [1.29, 1.82) is 0 Å². The first-order valence-corrected chi connectivity index (χ1v) is 20.7. The molecule has 0 fully saturated rings. The van der Waals surface area contributed by atoms with Crippen LogP contribution in [0.15, 0.2) is 182 Å². The molecule has 0 amide bonds. The lowest BCUT2D eigenvalue weighted by molar-refractivity contribution is 1.08. The van der Waals surface area contributed by atoms with Crippen LogP contribution in [0.25, 0.3) is 113 Å². The molecule has 6 heteroatoms. The zero-order valence-electron chi connectivity index (χ0n) is 30.4. The van der Waals surface area contributed by atoms with Crippen LogP contribution in [0.1, 0.15) is 0 Å². The first-order valence-electron chi connectivity index (χ1n) is 19.0. The van der Waals surface area contributed by atoms with Crippen molar-refractivity contribution < 1.29 is 0 Å². The van der Waals surface area contributed by atoms with Gasteiger partial charge in [-0.3, -0.25) is 0 Å². The summed E-state index contributed by atoms with van der Waals surface area (Å²) in [4.78, 5) is 15.4. The summed E-state index contributed by atoms with van der Waals surface area (Å²) in [5, 5.41) is 7.69. The summed E-state index contributed by atoms with van der Waals surface area (Å²) < 4.78 is 7.48. The number of hydrogen-bond acceptors (Lipinski definition) is 5. The summed E-state index contributed by atoms with van der Waals surface area (Å²) in [5.74, 6) is 1.96. The summed E-state index contributed by atoms with van der Waals surface area (Å²) >= 11 is 3.65. The average molecular weight is 763 g/mol. The normalized spacial score (nSPS) is 11.9. The molecule has 0 aliphatic heterocycles.